The van der Waals surface area contributed by atoms with Crippen LogP contribution in [0.3, 0.4) is 0 Å². The summed E-state index contributed by atoms with van der Waals surface area (Å²) in [5.74, 6) is 0.936. The summed E-state index contributed by atoms with van der Waals surface area (Å²) in [5, 5.41) is 15.6. The van der Waals surface area contributed by atoms with Crippen molar-refractivity contribution in [1.29, 1.82) is 0 Å². The van der Waals surface area contributed by atoms with Gasteiger partial charge in [0.15, 0.2) is 11.6 Å². The van der Waals surface area contributed by atoms with Crippen molar-refractivity contribution in [2.75, 3.05) is 31.1 Å². The van der Waals surface area contributed by atoms with Crippen molar-refractivity contribution >= 4 is 17.2 Å². The van der Waals surface area contributed by atoms with E-state index in [0.29, 0.717) is 54.7 Å². The lowest BCUT2D eigenvalue weighted by atomic mass is 10.0. The van der Waals surface area contributed by atoms with E-state index in [1.165, 1.54) is 6.07 Å². The molecule has 2 aromatic carbocycles. The number of nitrogens with zero attached hydrogens (tertiary/aromatic N) is 5. The molecule has 0 saturated carbocycles. The summed E-state index contributed by atoms with van der Waals surface area (Å²) in [5.41, 5.74) is 1.27. The zero-order valence-corrected chi connectivity index (χ0v) is 17.4. The van der Waals surface area contributed by atoms with Gasteiger partial charge in [-0.3, -0.25) is 19.8 Å². The Labute approximate surface area is 179 Å². The number of nitro benzene ring substituents is 1. The molecule has 0 N–H and O–H groups in total. The molecular weight excluding hydrogens is 398 g/mol. The molecule has 160 valence electrons. The van der Waals surface area contributed by atoms with Gasteiger partial charge in [0, 0.05) is 43.4 Å². The van der Waals surface area contributed by atoms with Crippen LogP contribution in [0.15, 0.2) is 53.1 Å². The van der Waals surface area contributed by atoms with Gasteiger partial charge in [0.05, 0.1) is 11.0 Å². The van der Waals surface area contributed by atoms with Crippen LogP contribution in [0.4, 0.5) is 11.4 Å². The number of rotatable bonds is 6. The summed E-state index contributed by atoms with van der Waals surface area (Å²) < 4.78 is 5.28. The van der Waals surface area contributed by atoms with Crippen molar-refractivity contribution in [2.45, 2.75) is 19.9 Å². The molecule has 0 aliphatic carbocycles. The maximum atomic E-state index is 12.7. The first-order chi connectivity index (χ1) is 14.9. The molecule has 1 saturated heterocycles. The lowest BCUT2D eigenvalue weighted by Crippen LogP contribution is -2.47. The van der Waals surface area contributed by atoms with E-state index in [9.17, 15) is 14.9 Å². The number of benzene rings is 2. The summed E-state index contributed by atoms with van der Waals surface area (Å²) in [6.45, 7) is 6.42. The average Bonchev–Trinajstić information content (AvgIpc) is 3.24. The van der Waals surface area contributed by atoms with Gasteiger partial charge in [0.2, 0.25) is 5.89 Å². The van der Waals surface area contributed by atoms with E-state index >= 15 is 0 Å². The summed E-state index contributed by atoms with van der Waals surface area (Å²) in [4.78, 5) is 32.5. The van der Waals surface area contributed by atoms with Crippen LogP contribution < -0.4 is 4.90 Å². The quantitative estimate of drug-likeness (QED) is 0.339. The van der Waals surface area contributed by atoms with E-state index in [0.717, 1.165) is 0 Å². The molecule has 1 fully saturated rings. The number of aryl methyl sites for hydroxylation is 1. The number of hydrogen-bond acceptors (Lipinski definition) is 8. The second-order valence-corrected chi connectivity index (χ2v) is 7.53. The fourth-order valence-electron chi connectivity index (χ4n) is 3.82. The van der Waals surface area contributed by atoms with E-state index < -0.39 is 4.92 Å². The Bertz CT molecular complexity index is 1090. The predicted molar refractivity (Wildman–Crippen MR) is 114 cm³/mol. The number of anilines is 1. The number of carbonyl (C=O) groups excluding carboxylic acids is 1. The molecule has 3 aromatic rings. The van der Waals surface area contributed by atoms with Gasteiger partial charge in [-0.2, -0.15) is 4.98 Å². The highest BCUT2D eigenvalue weighted by Crippen LogP contribution is 2.32. The van der Waals surface area contributed by atoms with Gasteiger partial charge >= 0.3 is 0 Å². The number of nitro groups is 1. The monoisotopic (exact) mass is 421 g/mol. The summed E-state index contributed by atoms with van der Waals surface area (Å²) >= 11 is 0. The maximum Gasteiger partial charge on any atom is 0.293 e. The Morgan fingerprint density at radius 3 is 2.42 bits per heavy atom. The highest BCUT2D eigenvalue weighted by atomic mass is 16.6. The molecule has 0 bridgehead atoms. The third-order valence-corrected chi connectivity index (χ3v) is 5.57. The second-order valence-electron chi connectivity index (χ2n) is 7.53. The standard InChI is InChI=1S/C22H23N5O4/c1-15(22-23-16(2)24-31-22)25-10-12-26(13-11-25)19-9-8-18(14-20(19)27(29)30)21(28)17-6-4-3-5-7-17/h3-9,14-15H,10-13H2,1-2H3. The maximum absolute atomic E-state index is 12.7. The van der Waals surface area contributed by atoms with Crippen molar-refractivity contribution in [3.8, 4) is 0 Å². The fraction of sp³-hybridized carbons (Fsp3) is 0.318. The summed E-state index contributed by atoms with van der Waals surface area (Å²) in [6, 6.07) is 13.5. The van der Waals surface area contributed by atoms with Crippen LogP contribution in [0.2, 0.25) is 0 Å². The molecule has 31 heavy (non-hydrogen) atoms. The molecule has 1 aliphatic rings. The van der Waals surface area contributed by atoms with Crippen LogP contribution in [-0.2, 0) is 0 Å². The molecular formula is C22H23N5O4. The van der Waals surface area contributed by atoms with Gasteiger partial charge in [-0.1, -0.05) is 35.5 Å². The van der Waals surface area contributed by atoms with Crippen molar-refractivity contribution < 1.29 is 14.2 Å². The van der Waals surface area contributed by atoms with Gasteiger partial charge in [-0.15, -0.1) is 0 Å². The van der Waals surface area contributed by atoms with Crippen LogP contribution in [0.5, 0.6) is 0 Å². The first-order valence-corrected chi connectivity index (χ1v) is 10.1. The van der Waals surface area contributed by atoms with E-state index in [2.05, 4.69) is 15.0 Å². The molecule has 9 nitrogen and oxygen atoms in total. The molecule has 0 amide bonds. The van der Waals surface area contributed by atoms with E-state index in [1.54, 1.807) is 43.3 Å². The molecule has 1 aliphatic heterocycles. The first-order valence-electron chi connectivity index (χ1n) is 10.1. The molecule has 9 heteroatoms. The van der Waals surface area contributed by atoms with Gasteiger partial charge in [0.1, 0.15) is 5.69 Å². The molecule has 1 unspecified atom stereocenters. The predicted octanol–water partition coefficient (Wildman–Crippen LogP) is 3.40. The van der Waals surface area contributed by atoms with E-state index in [4.69, 9.17) is 4.52 Å². The molecule has 0 spiro atoms. The largest absolute Gasteiger partial charge is 0.363 e. The Morgan fingerprint density at radius 2 is 1.81 bits per heavy atom. The van der Waals surface area contributed by atoms with Crippen LogP contribution in [0.25, 0.3) is 0 Å². The second kappa shape index (κ2) is 8.65. The topological polar surface area (TPSA) is 106 Å². The number of hydrogen-bond donors (Lipinski definition) is 0. The Morgan fingerprint density at radius 1 is 1.10 bits per heavy atom. The van der Waals surface area contributed by atoms with Gasteiger partial charge in [-0.05, 0) is 26.0 Å². The lowest BCUT2D eigenvalue weighted by molar-refractivity contribution is -0.384. The molecule has 1 atom stereocenters. The third kappa shape index (κ3) is 4.31. The molecule has 0 radical (unpaired) electrons. The molecule has 4 rings (SSSR count). The molecule has 1 aromatic heterocycles. The number of carbonyl (C=O) groups is 1. The van der Waals surface area contributed by atoms with Crippen molar-refractivity contribution in [1.82, 2.24) is 15.0 Å². The first kappa shape index (κ1) is 20.7. The van der Waals surface area contributed by atoms with E-state index in [-0.39, 0.29) is 17.5 Å². The minimum atomic E-state index is -0.423. The van der Waals surface area contributed by atoms with Crippen LogP contribution >= 0.6 is 0 Å². The van der Waals surface area contributed by atoms with Crippen molar-refractivity contribution in [3.05, 3.63) is 81.5 Å². The Kier molecular flexibility index (Phi) is 5.77. The zero-order valence-electron chi connectivity index (χ0n) is 17.4. The number of piperazine rings is 1. The third-order valence-electron chi connectivity index (χ3n) is 5.57. The smallest absolute Gasteiger partial charge is 0.293 e. The average molecular weight is 421 g/mol. The van der Waals surface area contributed by atoms with Gasteiger partial charge in [0.25, 0.3) is 5.69 Å². The van der Waals surface area contributed by atoms with Gasteiger partial charge in [-0.25, -0.2) is 0 Å². The highest BCUT2D eigenvalue weighted by molar-refractivity contribution is 6.09. The Hall–Kier alpha value is -3.59. The lowest BCUT2D eigenvalue weighted by Gasteiger charge is -2.37. The highest BCUT2D eigenvalue weighted by Gasteiger charge is 2.29. The van der Waals surface area contributed by atoms with Crippen LogP contribution in [0, 0.1) is 17.0 Å². The van der Waals surface area contributed by atoms with Crippen molar-refractivity contribution in [3.63, 3.8) is 0 Å². The van der Waals surface area contributed by atoms with Crippen LogP contribution in [0.1, 0.15) is 40.6 Å². The minimum absolute atomic E-state index is 0.0239. The van der Waals surface area contributed by atoms with E-state index in [1.807, 2.05) is 17.9 Å². The van der Waals surface area contributed by atoms with Crippen molar-refractivity contribution in [2.24, 2.45) is 0 Å². The molecule has 2 heterocycles. The normalized spacial score (nSPS) is 15.6. The van der Waals surface area contributed by atoms with Crippen LogP contribution in [-0.4, -0.2) is 51.9 Å². The SMILES string of the molecule is Cc1noc(C(C)N2CCN(c3ccc(C(=O)c4ccccc4)cc3[N+](=O)[O-])CC2)n1. The van der Waals surface area contributed by atoms with Gasteiger partial charge < -0.3 is 9.42 Å². The summed E-state index contributed by atoms with van der Waals surface area (Å²) in [7, 11) is 0. The Balaban J connectivity index is 1.51. The fourth-order valence-corrected chi connectivity index (χ4v) is 3.82. The zero-order chi connectivity index (χ0) is 22.0. The summed E-state index contributed by atoms with van der Waals surface area (Å²) in [6.07, 6.45) is 0. The minimum Gasteiger partial charge on any atom is -0.363 e. The number of aromatic nitrogens is 2. The number of ketones is 1.